The van der Waals surface area contributed by atoms with Crippen LogP contribution >= 0.6 is 0 Å². The Morgan fingerprint density at radius 3 is 2.89 bits per heavy atom. The lowest BCUT2D eigenvalue weighted by Crippen LogP contribution is -2.53. The Morgan fingerprint density at radius 1 is 1.37 bits per heavy atom. The minimum atomic E-state index is -1.18. The van der Waals surface area contributed by atoms with Crippen LogP contribution in [0.25, 0.3) is 0 Å². The van der Waals surface area contributed by atoms with E-state index in [2.05, 4.69) is 22.0 Å². The molecule has 3 atom stereocenters. The zero-order chi connectivity index (χ0) is 19.4. The zero-order valence-corrected chi connectivity index (χ0v) is 15.4. The number of carboxylic acids is 1. The molecule has 0 bridgehead atoms. The third-order valence-electron chi connectivity index (χ3n) is 5.12. The molecule has 0 aromatic heterocycles. The van der Waals surface area contributed by atoms with E-state index in [1.165, 1.54) is 11.1 Å². The molecule has 5 N–H and O–H groups in total. The summed E-state index contributed by atoms with van der Waals surface area (Å²) in [5.74, 6) is -1.66. The lowest BCUT2D eigenvalue weighted by atomic mass is 9.72. The molecule has 0 aliphatic carbocycles. The van der Waals surface area contributed by atoms with Crippen LogP contribution in [0.4, 0.5) is 0 Å². The quantitative estimate of drug-likeness (QED) is 0.417. The van der Waals surface area contributed by atoms with E-state index >= 15 is 0 Å². The molecule has 1 fully saturated rings. The number of rotatable bonds is 7. The van der Waals surface area contributed by atoms with E-state index in [0.29, 0.717) is 18.9 Å². The van der Waals surface area contributed by atoms with Gasteiger partial charge >= 0.3 is 13.1 Å². The first-order valence-electron chi connectivity index (χ1n) is 9.30. The Labute approximate surface area is 158 Å². The maximum atomic E-state index is 12.4. The number of carbonyl (C=O) groups is 2. The van der Waals surface area contributed by atoms with Gasteiger partial charge in [0.2, 0.25) is 5.91 Å². The number of amides is 1. The average molecular weight is 375 g/mol. The second-order valence-corrected chi connectivity index (χ2v) is 7.20. The SMILES string of the molecule is CNCC1NCc2cc(CC(=O)N[C@H]3CC[C@@H](CC(=O)O)OB3O)ccc21. The molecule has 0 spiro atoms. The van der Waals surface area contributed by atoms with Crippen molar-refractivity contribution in [1.29, 1.82) is 0 Å². The van der Waals surface area contributed by atoms with Crippen molar-refractivity contribution in [2.45, 2.75) is 50.3 Å². The molecule has 146 valence electrons. The zero-order valence-electron chi connectivity index (χ0n) is 15.4. The molecule has 2 aliphatic rings. The number of aliphatic carboxylic acids is 1. The molecule has 9 heteroatoms. The van der Waals surface area contributed by atoms with Crippen LogP contribution in [0.15, 0.2) is 18.2 Å². The molecule has 0 saturated carbocycles. The molecular weight excluding hydrogens is 349 g/mol. The Morgan fingerprint density at radius 2 is 2.19 bits per heavy atom. The van der Waals surface area contributed by atoms with Gasteiger partial charge in [0.25, 0.3) is 0 Å². The minimum Gasteiger partial charge on any atom is -0.481 e. The van der Waals surface area contributed by atoms with Crippen molar-refractivity contribution < 1.29 is 24.4 Å². The van der Waals surface area contributed by atoms with Crippen molar-refractivity contribution in [3.8, 4) is 0 Å². The summed E-state index contributed by atoms with van der Waals surface area (Å²) in [7, 11) is 0.740. The fourth-order valence-electron chi connectivity index (χ4n) is 3.79. The van der Waals surface area contributed by atoms with Crippen molar-refractivity contribution >= 4 is 19.0 Å². The van der Waals surface area contributed by atoms with Crippen molar-refractivity contribution in [1.82, 2.24) is 16.0 Å². The van der Waals surface area contributed by atoms with E-state index in [1.54, 1.807) is 0 Å². The molecule has 3 rings (SSSR count). The molecule has 1 aromatic rings. The third-order valence-corrected chi connectivity index (χ3v) is 5.12. The lowest BCUT2D eigenvalue weighted by molar-refractivity contribution is -0.139. The van der Waals surface area contributed by atoms with E-state index in [0.717, 1.165) is 18.7 Å². The number of carbonyl (C=O) groups excluding carboxylic acids is 1. The van der Waals surface area contributed by atoms with Crippen LogP contribution in [0.3, 0.4) is 0 Å². The fourth-order valence-corrected chi connectivity index (χ4v) is 3.79. The standard InChI is InChI=1S/C18H26BN3O5/c1-20-10-15-14-4-2-11(6-12(14)9-21-15)7-17(23)22-16-5-3-13(8-18(24)25)27-19(16)26/h2,4,6,13,15-16,20-21,26H,3,5,7-10H2,1H3,(H,22,23)(H,24,25)/t13-,15?,16-/m0/s1. The molecule has 1 saturated heterocycles. The van der Waals surface area contributed by atoms with Gasteiger partial charge in [0.05, 0.1) is 24.9 Å². The summed E-state index contributed by atoms with van der Waals surface area (Å²) in [6.45, 7) is 1.65. The monoisotopic (exact) mass is 375 g/mol. The lowest BCUT2D eigenvalue weighted by Gasteiger charge is -2.30. The second-order valence-electron chi connectivity index (χ2n) is 7.20. The van der Waals surface area contributed by atoms with Gasteiger partial charge in [-0.05, 0) is 36.6 Å². The highest BCUT2D eigenvalue weighted by Crippen LogP contribution is 2.26. The van der Waals surface area contributed by atoms with Crippen LogP contribution in [-0.2, 0) is 27.2 Å². The number of benzene rings is 1. The van der Waals surface area contributed by atoms with E-state index in [1.807, 2.05) is 19.2 Å². The van der Waals surface area contributed by atoms with Gasteiger partial charge in [-0.1, -0.05) is 18.2 Å². The van der Waals surface area contributed by atoms with Crippen molar-refractivity contribution in [3.63, 3.8) is 0 Å². The maximum Gasteiger partial charge on any atom is 0.478 e. The highest BCUT2D eigenvalue weighted by molar-refractivity contribution is 6.45. The topological polar surface area (TPSA) is 120 Å². The average Bonchev–Trinajstić information content (AvgIpc) is 2.99. The van der Waals surface area contributed by atoms with Crippen molar-refractivity contribution in [2.75, 3.05) is 13.6 Å². The van der Waals surface area contributed by atoms with Crippen LogP contribution < -0.4 is 16.0 Å². The second kappa shape index (κ2) is 8.84. The predicted molar refractivity (Wildman–Crippen MR) is 99.9 cm³/mol. The molecule has 1 aromatic carbocycles. The van der Waals surface area contributed by atoms with Crippen LogP contribution in [0.5, 0.6) is 0 Å². The van der Waals surface area contributed by atoms with Crippen LogP contribution in [0, 0.1) is 0 Å². The summed E-state index contributed by atoms with van der Waals surface area (Å²) < 4.78 is 5.30. The first-order valence-corrected chi connectivity index (χ1v) is 9.30. The number of carboxylic acid groups (broad SMARTS) is 1. The highest BCUT2D eigenvalue weighted by atomic mass is 16.5. The van der Waals surface area contributed by atoms with Crippen molar-refractivity contribution in [2.24, 2.45) is 0 Å². The summed E-state index contributed by atoms with van der Waals surface area (Å²) in [5, 5.41) is 28.2. The number of hydrogen-bond donors (Lipinski definition) is 5. The summed E-state index contributed by atoms with van der Waals surface area (Å²) in [6, 6.07) is 6.37. The summed E-state index contributed by atoms with van der Waals surface area (Å²) in [5.41, 5.74) is 3.39. The Balaban J connectivity index is 1.52. The van der Waals surface area contributed by atoms with E-state index in [9.17, 15) is 14.6 Å². The first-order chi connectivity index (χ1) is 13.0. The number of fused-ring (bicyclic) bond motifs is 1. The van der Waals surface area contributed by atoms with Crippen LogP contribution in [-0.4, -0.2) is 54.8 Å². The summed E-state index contributed by atoms with van der Waals surface area (Å²) >= 11 is 0. The maximum absolute atomic E-state index is 12.4. The van der Waals surface area contributed by atoms with E-state index in [-0.39, 0.29) is 18.7 Å². The summed E-state index contributed by atoms with van der Waals surface area (Å²) in [4.78, 5) is 23.1. The number of nitrogens with one attached hydrogen (secondary N) is 3. The molecule has 1 amide bonds. The Bertz CT molecular complexity index is 702. The normalized spacial score (nSPS) is 24.5. The van der Waals surface area contributed by atoms with Gasteiger partial charge in [0.15, 0.2) is 0 Å². The number of hydrogen-bond acceptors (Lipinski definition) is 6. The summed E-state index contributed by atoms with van der Waals surface area (Å²) in [6.07, 6.45) is 0.553. The van der Waals surface area contributed by atoms with Gasteiger partial charge < -0.3 is 30.7 Å². The van der Waals surface area contributed by atoms with Crippen molar-refractivity contribution in [3.05, 3.63) is 34.9 Å². The fraction of sp³-hybridized carbons (Fsp3) is 0.556. The van der Waals surface area contributed by atoms with Gasteiger partial charge in [0, 0.05) is 19.1 Å². The minimum absolute atomic E-state index is 0.143. The van der Waals surface area contributed by atoms with E-state index in [4.69, 9.17) is 9.76 Å². The molecular formula is C18H26BN3O5. The Kier molecular flexibility index (Phi) is 6.48. The van der Waals surface area contributed by atoms with E-state index < -0.39 is 25.1 Å². The molecule has 8 nitrogen and oxygen atoms in total. The molecule has 27 heavy (non-hydrogen) atoms. The Hall–Kier alpha value is -1.94. The molecule has 1 unspecified atom stereocenters. The van der Waals surface area contributed by atoms with Gasteiger partial charge in [-0.25, -0.2) is 0 Å². The van der Waals surface area contributed by atoms with Gasteiger partial charge in [-0.2, -0.15) is 0 Å². The number of likely N-dealkylation sites (N-methyl/N-ethyl adjacent to an activating group) is 1. The molecule has 0 radical (unpaired) electrons. The third kappa shape index (κ3) is 5.07. The predicted octanol–water partition coefficient (Wildman–Crippen LogP) is -0.249. The molecule has 2 aliphatic heterocycles. The van der Waals surface area contributed by atoms with Crippen LogP contribution in [0.1, 0.15) is 42.0 Å². The molecule has 2 heterocycles. The first kappa shape index (κ1) is 19.8. The van der Waals surface area contributed by atoms with Gasteiger partial charge in [0.1, 0.15) is 0 Å². The largest absolute Gasteiger partial charge is 0.481 e. The van der Waals surface area contributed by atoms with Gasteiger partial charge in [-0.3, -0.25) is 9.59 Å². The van der Waals surface area contributed by atoms with Gasteiger partial charge in [-0.15, -0.1) is 0 Å². The smallest absolute Gasteiger partial charge is 0.478 e. The highest BCUT2D eigenvalue weighted by Gasteiger charge is 2.36. The van der Waals surface area contributed by atoms with Crippen LogP contribution in [0.2, 0.25) is 0 Å².